The van der Waals surface area contributed by atoms with Gasteiger partial charge < -0.3 is 5.73 Å². The highest BCUT2D eigenvalue weighted by molar-refractivity contribution is 9.10. The fourth-order valence-corrected chi connectivity index (χ4v) is 1.25. The van der Waals surface area contributed by atoms with Crippen LogP contribution in [-0.4, -0.2) is 5.84 Å². The zero-order chi connectivity index (χ0) is 8.43. The summed E-state index contributed by atoms with van der Waals surface area (Å²) in [5.74, 6) is 0.115. The number of hydrogen-bond donors (Lipinski definition) is 2. The predicted molar refractivity (Wildman–Crippen MR) is 57.1 cm³/mol. The average molecular weight is 250 g/mol. The van der Waals surface area contributed by atoms with Gasteiger partial charge in [-0.25, -0.2) is 0 Å². The van der Waals surface area contributed by atoms with E-state index in [0.29, 0.717) is 0 Å². The number of hydrogen-bond acceptors (Lipinski definition) is 1. The van der Waals surface area contributed by atoms with Crippen molar-refractivity contribution in [2.75, 3.05) is 0 Å². The monoisotopic (exact) mass is 248 g/mol. The summed E-state index contributed by atoms with van der Waals surface area (Å²) in [5, 5.41) is 7.23. The zero-order valence-electron chi connectivity index (χ0n) is 6.60. The fourth-order valence-electron chi connectivity index (χ4n) is 0.884. The minimum absolute atomic E-state index is 0. The topological polar surface area (TPSA) is 49.9 Å². The summed E-state index contributed by atoms with van der Waals surface area (Å²) < 4.78 is 0.952. The third-order valence-electron chi connectivity index (χ3n) is 1.49. The lowest BCUT2D eigenvalue weighted by atomic mass is 10.1. The Kier molecular flexibility index (Phi) is 4.28. The smallest absolute Gasteiger partial charge is 0.123 e. The molecule has 0 aromatic heterocycles. The molecule has 0 aliphatic rings. The van der Waals surface area contributed by atoms with Gasteiger partial charge in [-0.2, -0.15) is 0 Å². The molecular formula is C8H10BrClN2. The summed E-state index contributed by atoms with van der Waals surface area (Å²) in [6, 6.07) is 5.71. The molecule has 1 aromatic carbocycles. The summed E-state index contributed by atoms with van der Waals surface area (Å²) in [6.07, 6.45) is 0. The van der Waals surface area contributed by atoms with E-state index in [0.717, 1.165) is 15.6 Å². The van der Waals surface area contributed by atoms with Crippen molar-refractivity contribution >= 4 is 34.2 Å². The molecule has 1 rings (SSSR count). The van der Waals surface area contributed by atoms with Gasteiger partial charge in [-0.3, -0.25) is 5.41 Å². The first-order valence-electron chi connectivity index (χ1n) is 3.22. The predicted octanol–water partition coefficient (Wildman–Crippen LogP) is 2.46. The van der Waals surface area contributed by atoms with E-state index < -0.39 is 0 Å². The van der Waals surface area contributed by atoms with Gasteiger partial charge in [0.15, 0.2) is 0 Å². The highest BCUT2D eigenvalue weighted by Gasteiger charge is 2.00. The molecule has 0 aliphatic carbocycles. The second-order valence-electron chi connectivity index (χ2n) is 2.37. The highest BCUT2D eigenvalue weighted by atomic mass is 79.9. The normalized spacial score (nSPS) is 8.83. The van der Waals surface area contributed by atoms with Gasteiger partial charge in [0, 0.05) is 10.0 Å². The summed E-state index contributed by atoms with van der Waals surface area (Å²) in [7, 11) is 0. The Hall–Kier alpha value is -0.540. The van der Waals surface area contributed by atoms with Crippen LogP contribution in [0, 0.1) is 12.3 Å². The number of halogens is 2. The zero-order valence-corrected chi connectivity index (χ0v) is 9.00. The van der Waals surface area contributed by atoms with Crippen molar-refractivity contribution in [3.63, 3.8) is 0 Å². The second kappa shape index (κ2) is 4.48. The number of amidine groups is 1. The Morgan fingerprint density at radius 2 is 2.08 bits per heavy atom. The lowest BCUT2D eigenvalue weighted by Crippen LogP contribution is -2.12. The Balaban J connectivity index is 0.00000121. The van der Waals surface area contributed by atoms with E-state index in [2.05, 4.69) is 15.9 Å². The molecule has 0 fully saturated rings. The van der Waals surface area contributed by atoms with Crippen LogP contribution < -0.4 is 5.73 Å². The number of rotatable bonds is 1. The summed E-state index contributed by atoms with van der Waals surface area (Å²) >= 11 is 3.31. The van der Waals surface area contributed by atoms with E-state index in [1.807, 2.05) is 25.1 Å². The Labute approximate surface area is 86.2 Å². The van der Waals surface area contributed by atoms with E-state index in [9.17, 15) is 0 Å². The highest BCUT2D eigenvalue weighted by Crippen LogP contribution is 2.14. The van der Waals surface area contributed by atoms with E-state index in [1.165, 1.54) is 0 Å². The van der Waals surface area contributed by atoms with E-state index in [4.69, 9.17) is 11.1 Å². The van der Waals surface area contributed by atoms with Crippen molar-refractivity contribution in [3.05, 3.63) is 33.8 Å². The van der Waals surface area contributed by atoms with Crippen LogP contribution >= 0.6 is 28.3 Å². The van der Waals surface area contributed by atoms with Crippen molar-refractivity contribution in [2.24, 2.45) is 5.73 Å². The lowest BCUT2D eigenvalue weighted by Gasteiger charge is -2.02. The van der Waals surface area contributed by atoms with Crippen LogP contribution in [0.2, 0.25) is 0 Å². The molecule has 0 unspecified atom stereocenters. The third kappa shape index (κ3) is 2.50. The molecule has 0 heterocycles. The van der Waals surface area contributed by atoms with Crippen LogP contribution in [0.3, 0.4) is 0 Å². The number of nitrogen functional groups attached to an aromatic ring is 1. The van der Waals surface area contributed by atoms with Gasteiger partial charge in [-0.05, 0) is 24.6 Å². The molecule has 0 atom stereocenters. The minimum Gasteiger partial charge on any atom is -0.384 e. The van der Waals surface area contributed by atoms with Crippen molar-refractivity contribution in [2.45, 2.75) is 6.92 Å². The quantitative estimate of drug-likeness (QED) is 0.583. The van der Waals surface area contributed by atoms with Crippen molar-refractivity contribution in [1.82, 2.24) is 0 Å². The molecular weight excluding hydrogens is 239 g/mol. The molecule has 12 heavy (non-hydrogen) atoms. The van der Waals surface area contributed by atoms with Gasteiger partial charge in [-0.1, -0.05) is 22.0 Å². The maximum Gasteiger partial charge on any atom is 0.123 e. The van der Waals surface area contributed by atoms with Crippen LogP contribution in [-0.2, 0) is 0 Å². The van der Waals surface area contributed by atoms with Crippen molar-refractivity contribution < 1.29 is 0 Å². The number of nitrogens with one attached hydrogen (secondary N) is 1. The lowest BCUT2D eigenvalue weighted by molar-refractivity contribution is 1.36. The summed E-state index contributed by atoms with van der Waals surface area (Å²) in [5.41, 5.74) is 7.17. The molecule has 0 saturated carbocycles. The maximum absolute atomic E-state index is 7.23. The van der Waals surface area contributed by atoms with Crippen LogP contribution in [0.1, 0.15) is 11.1 Å². The van der Waals surface area contributed by atoms with Crippen LogP contribution in [0.4, 0.5) is 0 Å². The number of benzene rings is 1. The first-order chi connectivity index (χ1) is 5.11. The van der Waals surface area contributed by atoms with Gasteiger partial charge in [-0.15, -0.1) is 12.4 Å². The van der Waals surface area contributed by atoms with Gasteiger partial charge in [0.25, 0.3) is 0 Å². The van der Waals surface area contributed by atoms with Crippen molar-refractivity contribution in [1.29, 1.82) is 5.41 Å². The number of aryl methyl sites for hydroxylation is 1. The molecule has 0 amide bonds. The largest absolute Gasteiger partial charge is 0.384 e. The fraction of sp³-hybridized carbons (Fsp3) is 0.125. The van der Waals surface area contributed by atoms with Crippen LogP contribution in [0.25, 0.3) is 0 Å². The van der Waals surface area contributed by atoms with Gasteiger partial charge in [0.05, 0.1) is 0 Å². The first-order valence-corrected chi connectivity index (χ1v) is 4.01. The molecule has 3 N–H and O–H groups in total. The number of nitrogens with two attached hydrogens (primary N) is 1. The van der Waals surface area contributed by atoms with E-state index in [1.54, 1.807) is 0 Å². The first kappa shape index (κ1) is 11.5. The van der Waals surface area contributed by atoms with E-state index in [-0.39, 0.29) is 18.2 Å². The molecule has 0 radical (unpaired) electrons. The molecule has 1 aromatic rings. The molecule has 0 saturated heterocycles. The minimum atomic E-state index is 0. The van der Waals surface area contributed by atoms with Gasteiger partial charge >= 0.3 is 0 Å². The van der Waals surface area contributed by atoms with Crippen LogP contribution in [0.5, 0.6) is 0 Å². The third-order valence-corrected chi connectivity index (χ3v) is 1.98. The molecule has 0 aliphatic heterocycles. The second-order valence-corrected chi connectivity index (χ2v) is 3.29. The SMILES string of the molecule is Cc1ccc(Br)cc1C(=N)N.Cl. The summed E-state index contributed by atoms with van der Waals surface area (Å²) in [6.45, 7) is 1.93. The van der Waals surface area contributed by atoms with E-state index >= 15 is 0 Å². The molecule has 2 nitrogen and oxygen atoms in total. The Bertz CT molecular complexity index is 299. The molecule has 0 spiro atoms. The molecule has 0 bridgehead atoms. The Morgan fingerprint density at radius 3 is 2.50 bits per heavy atom. The molecule has 4 heteroatoms. The maximum atomic E-state index is 7.23. The Morgan fingerprint density at radius 1 is 1.50 bits per heavy atom. The van der Waals surface area contributed by atoms with Gasteiger partial charge in [0.1, 0.15) is 5.84 Å². The van der Waals surface area contributed by atoms with Crippen molar-refractivity contribution in [3.8, 4) is 0 Å². The van der Waals surface area contributed by atoms with Gasteiger partial charge in [0.2, 0.25) is 0 Å². The standard InChI is InChI=1S/C8H9BrN2.ClH/c1-5-2-3-6(9)4-7(5)8(10)11;/h2-4H,1H3,(H3,10,11);1H. The van der Waals surface area contributed by atoms with Crippen LogP contribution in [0.15, 0.2) is 22.7 Å². The molecule has 66 valence electrons. The average Bonchev–Trinajstić information content (AvgIpc) is 1.94. The summed E-state index contributed by atoms with van der Waals surface area (Å²) in [4.78, 5) is 0.